The van der Waals surface area contributed by atoms with Crippen molar-refractivity contribution in [1.29, 1.82) is 0 Å². The van der Waals surface area contributed by atoms with E-state index in [-0.39, 0.29) is 11.7 Å². The summed E-state index contributed by atoms with van der Waals surface area (Å²) in [5.74, 6) is 0.0466. The number of halogens is 1. The molecule has 0 saturated heterocycles. The second-order valence-electron chi connectivity index (χ2n) is 4.55. The topological polar surface area (TPSA) is 54.3 Å². The maximum Gasteiger partial charge on any atom is 0.268 e. The molecule has 4 nitrogen and oxygen atoms in total. The van der Waals surface area contributed by atoms with Gasteiger partial charge in [-0.25, -0.2) is 0 Å². The number of carbonyl (C=O) groups excluding carboxylic acids is 1. The van der Waals surface area contributed by atoms with E-state index < -0.39 is 0 Å². The molecule has 106 valence electrons. The Hall–Kier alpha value is -1.75. The van der Waals surface area contributed by atoms with E-state index in [2.05, 4.69) is 28.2 Å². The third-order valence-corrected chi connectivity index (χ3v) is 3.43. The quantitative estimate of drug-likeness (QED) is 0.880. The molecule has 0 aliphatic carbocycles. The highest BCUT2D eigenvalue weighted by atomic mass is 79.9. The Balaban J connectivity index is 2.07. The summed E-state index contributed by atoms with van der Waals surface area (Å²) in [4.78, 5) is 12.2. The number of phenols is 1. The summed E-state index contributed by atoms with van der Waals surface area (Å²) in [6.45, 7) is 3.17. The molecule has 1 aromatic carbocycles. The summed E-state index contributed by atoms with van der Waals surface area (Å²) in [6.07, 6.45) is 2.86. The third-order valence-electron chi connectivity index (χ3n) is 2.99. The van der Waals surface area contributed by atoms with Gasteiger partial charge in [-0.15, -0.1) is 0 Å². The van der Waals surface area contributed by atoms with Crippen LogP contribution in [0.15, 0.2) is 41.0 Å². The van der Waals surface area contributed by atoms with Gasteiger partial charge in [0, 0.05) is 29.3 Å². The second kappa shape index (κ2) is 6.61. The van der Waals surface area contributed by atoms with Crippen molar-refractivity contribution in [1.82, 2.24) is 9.88 Å². The number of nitrogens with zero attached hydrogens (tertiary/aromatic N) is 1. The zero-order valence-electron chi connectivity index (χ0n) is 11.3. The Morgan fingerprint density at radius 1 is 1.40 bits per heavy atom. The molecule has 0 saturated carbocycles. The van der Waals surface area contributed by atoms with Crippen molar-refractivity contribution in [2.24, 2.45) is 0 Å². The number of aryl methyl sites for hydroxylation is 1. The molecule has 0 spiro atoms. The minimum absolute atomic E-state index is 0.146. The van der Waals surface area contributed by atoms with E-state index in [1.165, 1.54) is 0 Å². The molecule has 0 aliphatic rings. The van der Waals surface area contributed by atoms with Crippen molar-refractivity contribution in [3.05, 3.63) is 52.3 Å². The van der Waals surface area contributed by atoms with Gasteiger partial charge in [-0.3, -0.25) is 4.79 Å². The van der Waals surface area contributed by atoms with Gasteiger partial charge in [-0.05, 0) is 34.5 Å². The van der Waals surface area contributed by atoms with E-state index in [4.69, 9.17) is 0 Å². The van der Waals surface area contributed by atoms with Gasteiger partial charge in [-0.1, -0.05) is 25.1 Å². The van der Waals surface area contributed by atoms with E-state index in [0.717, 1.165) is 17.4 Å². The van der Waals surface area contributed by atoms with E-state index in [1.54, 1.807) is 24.3 Å². The van der Waals surface area contributed by atoms with Crippen LogP contribution in [0, 0.1) is 0 Å². The van der Waals surface area contributed by atoms with Crippen molar-refractivity contribution < 1.29 is 9.90 Å². The number of nitrogens with one attached hydrogen (secondary N) is 1. The molecule has 2 aromatic rings. The van der Waals surface area contributed by atoms with Gasteiger partial charge < -0.3 is 15.0 Å². The summed E-state index contributed by atoms with van der Waals surface area (Å²) in [6, 6.07) is 8.78. The molecule has 0 fully saturated rings. The number of hydrogen-bond donors (Lipinski definition) is 2. The number of hydrogen-bond acceptors (Lipinski definition) is 2. The van der Waals surface area contributed by atoms with Crippen molar-refractivity contribution in [2.75, 3.05) is 0 Å². The number of benzene rings is 1. The Morgan fingerprint density at radius 2 is 2.15 bits per heavy atom. The number of aromatic nitrogens is 1. The van der Waals surface area contributed by atoms with Crippen molar-refractivity contribution >= 4 is 21.8 Å². The second-order valence-corrected chi connectivity index (χ2v) is 5.46. The van der Waals surface area contributed by atoms with E-state index in [0.29, 0.717) is 17.8 Å². The largest absolute Gasteiger partial charge is 0.508 e. The highest BCUT2D eigenvalue weighted by molar-refractivity contribution is 9.10. The highest BCUT2D eigenvalue weighted by Gasteiger charge is 2.12. The van der Waals surface area contributed by atoms with Crippen molar-refractivity contribution in [3.8, 4) is 5.75 Å². The van der Waals surface area contributed by atoms with Crippen LogP contribution in [0.25, 0.3) is 0 Å². The predicted molar refractivity (Wildman–Crippen MR) is 81.7 cm³/mol. The van der Waals surface area contributed by atoms with Gasteiger partial charge in [0.15, 0.2) is 0 Å². The molecule has 0 radical (unpaired) electrons. The van der Waals surface area contributed by atoms with Crippen LogP contribution < -0.4 is 5.32 Å². The lowest BCUT2D eigenvalue weighted by Gasteiger charge is -2.09. The van der Waals surface area contributed by atoms with Gasteiger partial charge in [0.2, 0.25) is 0 Å². The van der Waals surface area contributed by atoms with Crippen LogP contribution in [0.2, 0.25) is 0 Å². The monoisotopic (exact) mass is 336 g/mol. The molecule has 1 aromatic heterocycles. The average Bonchev–Trinajstić information content (AvgIpc) is 2.79. The molecule has 0 unspecified atom stereocenters. The number of aromatic hydroxyl groups is 1. The summed E-state index contributed by atoms with van der Waals surface area (Å²) >= 11 is 3.39. The van der Waals surface area contributed by atoms with Crippen molar-refractivity contribution in [2.45, 2.75) is 26.4 Å². The first-order chi connectivity index (χ1) is 9.61. The summed E-state index contributed by atoms with van der Waals surface area (Å²) in [5.41, 5.74) is 1.32. The van der Waals surface area contributed by atoms with Crippen molar-refractivity contribution in [3.63, 3.8) is 0 Å². The van der Waals surface area contributed by atoms with E-state index >= 15 is 0 Å². The zero-order valence-corrected chi connectivity index (χ0v) is 12.9. The minimum Gasteiger partial charge on any atom is -0.508 e. The van der Waals surface area contributed by atoms with Crippen LogP contribution in [0.1, 0.15) is 29.4 Å². The molecule has 0 atom stereocenters. The molecular formula is C15H17BrN2O2. The maximum atomic E-state index is 12.2. The first-order valence-corrected chi connectivity index (χ1v) is 7.32. The van der Waals surface area contributed by atoms with Crippen LogP contribution >= 0.6 is 15.9 Å². The molecule has 2 rings (SSSR count). The Labute approximate surface area is 126 Å². The smallest absolute Gasteiger partial charge is 0.268 e. The van der Waals surface area contributed by atoms with Crippen LogP contribution in [-0.4, -0.2) is 15.6 Å². The standard InChI is InChI=1S/C15H17BrN2O2/c1-2-7-18-10-12(16)8-13(18)15(20)17-9-11-5-3-4-6-14(11)19/h3-6,8,10,19H,2,7,9H2,1H3,(H,17,20). The molecule has 0 aliphatic heterocycles. The van der Waals surface area contributed by atoms with Gasteiger partial charge in [0.25, 0.3) is 5.91 Å². The lowest BCUT2D eigenvalue weighted by atomic mass is 10.2. The molecule has 2 N–H and O–H groups in total. The molecule has 5 heteroatoms. The third kappa shape index (κ3) is 3.42. The summed E-state index contributed by atoms with van der Waals surface area (Å²) in [7, 11) is 0. The van der Waals surface area contributed by atoms with Gasteiger partial charge in [0.1, 0.15) is 11.4 Å². The van der Waals surface area contributed by atoms with E-state index in [9.17, 15) is 9.90 Å². The summed E-state index contributed by atoms with van der Waals surface area (Å²) < 4.78 is 2.81. The maximum absolute atomic E-state index is 12.2. The SMILES string of the molecule is CCCn1cc(Br)cc1C(=O)NCc1ccccc1O. The van der Waals surface area contributed by atoms with E-state index in [1.807, 2.05) is 16.8 Å². The Kier molecular flexibility index (Phi) is 4.84. The van der Waals surface area contributed by atoms with Gasteiger partial charge in [-0.2, -0.15) is 0 Å². The molecule has 1 amide bonds. The molecule has 0 bridgehead atoms. The van der Waals surface area contributed by atoms with Gasteiger partial charge in [0.05, 0.1) is 0 Å². The predicted octanol–water partition coefficient (Wildman–Crippen LogP) is 3.30. The molecular weight excluding hydrogens is 320 g/mol. The van der Waals surface area contributed by atoms with Crippen LogP contribution in [0.4, 0.5) is 0 Å². The molecule has 20 heavy (non-hydrogen) atoms. The number of carbonyl (C=O) groups is 1. The fourth-order valence-electron chi connectivity index (χ4n) is 2.02. The fourth-order valence-corrected chi connectivity index (χ4v) is 2.48. The summed E-state index contributed by atoms with van der Waals surface area (Å²) in [5, 5.41) is 12.5. The lowest BCUT2D eigenvalue weighted by Crippen LogP contribution is -2.25. The Morgan fingerprint density at radius 3 is 2.85 bits per heavy atom. The lowest BCUT2D eigenvalue weighted by molar-refractivity contribution is 0.0941. The first-order valence-electron chi connectivity index (χ1n) is 6.52. The normalized spacial score (nSPS) is 10.5. The number of para-hydroxylation sites is 1. The average molecular weight is 337 g/mol. The van der Waals surface area contributed by atoms with Crippen LogP contribution in [0.3, 0.4) is 0 Å². The Bertz CT molecular complexity index is 608. The van der Waals surface area contributed by atoms with Crippen LogP contribution in [0.5, 0.6) is 5.75 Å². The molecule has 1 heterocycles. The first kappa shape index (κ1) is 14.7. The number of amides is 1. The highest BCUT2D eigenvalue weighted by Crippen LogP contribution is 2.17. The zero-order chi connectivity index (χ0) is 14.5. The number of rotatable bonds is 5. The minimum atomic E-state index is -0.146. The fraction of sp³-hybridized carbons (Fsp3) is 0.267. The van der Waals surface area contributed by atoms with Crippen LogP contribution in [-0.2, 0) is 13.1 Å². The number of phenolic OH excluding ortho intramolecular Hbond substituents is 1. The van der Waals surface area contributed by atoms with Gasteiger partial charge >= 0.3 is 0 Å².